The van der Waals surface area contributed by atoms with Crippen LogP contribution in [0.25, 0.3) is 5.65 Å². The third-order valence-corrected chi connectivity index (χ3v) is 3.09. The monoisotopic (exact) mass is 232 g/mol. The maximum Gasteiger partial charge on any atom is 0.354 e. The molecular weight excluding hydrogens is 216 g/mol. The van der Waals surface area contributed by atoms with Crippen molar-refractivity contribution in [2.24, 2.45) is 0 Å². The lowest BCUT2D eigenvalue weighted by molar-refractivity contribution is 0.0687. The standard InChI is InChI=1S/C13H16N2O2/c1-4-9(3)11-12(13(16)17)15-6-5-8(2)7-10(15)14-11/h5-7,9H,4H2,1-3H3,(H,16,17). The summed E-state index contributed by atoms with van der Waals surface area (Å²) in [7, 11) is 0. The van der Waals surface area contributed by atoms with Crippen molar-refractivity contribution >= 4 is 11.6 Å². The van der Waals surface area contributed by atoms with Crippen molar-refractivity contribution in [3.8, 4) is 0 Å². The smallest absolute Gasteiger partial charge is 0.354 e. The molecule has 0 spiro atoms. The van der Waals surface area contributed by atoms with Crippen molar-refractivity contribution in [1.29, 1.82) is 0 Å². The summed E-state index contributed by atoms with van der Waals surface area (Å²) in [6.45, 7) is 6.00. The largest absolute Gasteiger partial charge is 0.477 e. The van der Waals surface area contributed by atoms with Gasteiger partial charge in [-0.1, -0.05) is 13.8 Å². The minimum absolute atomic E-state index is 0.154. The molecule has 0 aromatic carbocycles. The van der Waals surface area contributed by atoms with E-state index in [-0.39, 0.29) is 11.6 Å². The van der Waals surface area contributed by atoms with Crippen molar-refractivity contribution in [2.45, 2.75) is 33.1 Å². The Morgan fingerprint density at radius 2 is 2.29 bits per heavy atom. The molecule has 0 saturated heterocycles. The van der Waals surface area contributed by atoms with Crippen LogP contribution in [-0.4, -0.2) is 20.5 Å². The summed E-state index contributed by atoms with van der Waals surface area (Å²) in [5.41, 5.74) is 2.74. The molecule has 0 aliphatic heterocycles. The summed E-state index contributed by atoms with van der Waals surface area (Å²) in [5, 5.41) is 9.31. The highest BCUT2D eigenvalue weighted by atomic mass is 16.4. The molecule has 1 N–H and O–H groups in total. The Morgan fingerprint density at radius 3 is 2.88 bits per heavy atom. The normalized spacial score (nSPS) is 12.9. The molecule has 0 aliphatic rings. The van der Waals surface area contributed by atoms with E-state index in [1.807, 2.05) is 32.9 Å². The van der Waals surface area contributed by atoms with Crippen molar-refractivity contribution < 1.29 is 9.90 Å². The van der Waals surface area contributed by atoms with E-state index in [1.54, 1.807) is 10.6 Å². The van der Waals surface area contributed by atoms with Crippen LogP contribution < -0.4 is 0 Å². The number of fused-ring (bicyclic) bond motifs is 1. The quantitative estimate of drug-likeness (QED) is 0.885. The number of aromatic carboxylic acids is 1. The number of carboxylic acid groups (broad SMARTS) is 1. The van der Waals surface area contributed by atoms with E-state index < -0.39 is 5.97 Å². The molecule has 0 aliphatic carbocycles. The van der Waals surface area contributed by atoms with Gasteiger partial charge in [0.1, 0.15) is 5.65 Å². The molecule has 4 nitrogen and oxygen atoms in total. The molecule has 2 rings (SSSR count). The van der Waals surface area contributed by atoms with Gasteiger partial charge in [0.05, 0.1) is 5.69 Å². The number of hydrogen-bond acceptors (Lipinski definition) is 2. The Bertz CT molecular complexity index is 572. The van der Waals surface area contributed by atoms with Crippen LogP contribution in [0.5, 0.6) is 0 Å². The Kier molecular flexibility index (Phi) is 2.88. The fourth-order valence-corrected chi connectivity index (χ4v) is 1.91. The van der Waals surface area contributed by atoms with E-state index in [0.717, 1.165) is 12.0 Å². The summed E-state index contributed by atoms with van der Waals surface area (Å²) in [6.07, 6.45) is 2.65. The van der Waals surface area contributed by atoms with E-state index in [9.17, 15) is 9.90 Å². The van der Waals surface area contributed by atoms with Gasteiger partial charge in [-0.25, -0.2) is 9.78 Å². The topological polar surface area (TPSA) is 54.6 Å². The third-order valence-electron chi connectivity index (χ3n) is 3.09. The molecule has 0 radical (unpaired) electrons. The Balaban J connectivity index is 2.74. The molecule has 0 bridgehead atoms. The van der Waals surface area contributed by atoms with Crippen LogP contribution in [-0.2, 0) is 0 Å². The van der Waals surface area contributed by atoms with Gasteiger partial charge in [0.25, 0.3) is 0 Å². The zero-order chi connectivity index (χ0) is 12.6. The van der Waals surface area contributed by atoms with Crippen molar-refractivity contribution in [3.05, 3.63) is 35.3 Å². The van der Waals surface area contributed by atoms with Crippen LogP contribution in [0.15, 0.2) is 18.3 Å². The van der Waals surface area contributed by atoms with Crippen LogP contribution >= 0.6 is 0 Å². The van der Waals surface area contributed by atoms with Gasteiger partial charge in [0, 0.05) is 12.1 Å². The predicted octanol–water partition coefficient (Wildman–Crippen LogP) is 2.85. The molecule has 0 fully saturated rings. The zero-order valence-corrected chi connectivity index (χ0v) is 10.3. The van der Waals surface area contributed by atoms with Crippen LogP contribution in [0.3, 0.4) is 0 Å². The highest BCUT2D eigenvalue weighted by Gasteiger charge is 2.21. The zero-order valence-electron chi connectivity index (χ0n) is 10.3. The molecule has 17 heavy (non-hydrogen) atoms. The van der Waals surface area contributed by atoms with E-state index in [0.29, 0.717) is 11.3 Å². The van der Waals surface area contributed by atoms with Gasteiger partial charge in [0.2, 0.25) is 0 Å². The van der Waals surface area contributed by atoms with Crippen LogP contribution in [0, 0.1) is 6.92 Å². The van der Waals surface area contributed by atoms with Gasteiger partial charge in [-0.15, -0.1) is 0 Å². The van der Waals surface area contributed by atoms with E-state index in [4.69, 9.17) is 0 Å². The molecular formula is C13H16N2O2. The number of imidazole rings is 1. The summed E-state index contributed by atoms with van der Waals surface area (Å²) in [6, 6.07) is 3.79. The van der Waals surface area contributed by atoms with Crippen molar-refractivity contribution in [2.75, 3.05) is 0 Å². The van der Waals surface area contributed by atoms with Gasteiger partial charge in [-0.05, 0) is 31.0 Å². The first-order valence-corrected chi connectivity index (χ1v) is 5.76. The van der Waals surface area contributed by atoms with Crippen LogP contribution in [0.4, 0.5) is 0 Å². The van der Waals surface area contributed by atoms with Crippen LogP contribution in [0.1, 0.15) is 47.9 Å². The predicted molar refractivity (Wildman–Crippen MR) is 65.6 cm³/mol. The molecule has 0 saturated carbocycles. The van der Waals surface area contributed by atoms with E-state index >= 15 is 0 Å². The number of carbonyl (C=O) groups is 1. The number of aromatic nitrogens is 2. The fourth-order valence-electron chi connectivity index (χ4n) is 1.91. The average molecular weight is 232 g/mol. The Hall–Kier alpha value is -1.84. The van der Waals surface area contributed by atoms with Gasteiger partial charge in [-0.2, -0.15) is 0 Å². The highest BCUT2D eigenvalue weighted by molar-refractivity contribution is 5.88. The van der Waals surface area contributed by atoms with Gasteiger partial charge in [-0.3, -0.25) is 4.40 Å². The summed E-state index contributed by atoms with van der Waals surface area (Å²) >= 11 is 0. The second-order valence-corrected chi connectivity index (χ2v) is 4.39. The van der Waals surface area contributed by atoms with Crippen molar-refractivity contribution in [3.63, 3.8) is 0 Å². The number of hydrogen-bond donors (Lipinski definition) is 1. The van der Waals surface area contributed by atoms with Gasteiger partial charge < -0.3 is 5.11 Å². The first kappa shape index (κ1) is 11.6. The lowest BCUT2D eigenvalue weighted by Gasteiger charge is -2.05. The molecule has 4 heteroatoms. The SMILES string of the molecule is CCC(C)c1nc2cc(C)ccn2c1C(=O)O. The Morgan fingerprint density at radius 1 is 1.59 bits per heavy atom. The lowest BCUT2D eigenvalue weighted by Crippen LogP contribution is -2.07. The molecule has 1 unspecified atom stereocenters. The second kappa shape index (κ2) is 4.20. The number of pyridine rings is 1. The summed E-state index contributed by atoms with van der Waals surface area (Å²) in [5.74, 6) is -0.766. The fraction of sp³-hybridized carbons (Fsp3) is 0.385. The number of rotatable bonds is 3. The maximum atomic E-state index is 11.3. The number of carboxylic acids is 1. The molecule has 1 atom stereocenters. The van der Waals surface area contributed by atoms with Crippen LogP contribution in [0.2, 0.25) is 0 Å². The average Bonchev–Trinajstić information content (AvgIpc) is 2.66. The molecule has 2 heterocycles. The number of aryl methyl sites for hydroxylation is 1. The molecule has 2 aromatic heterocycles. The first-order chi connectivity index (χ1) is 8.04. The Labute approximate surface area is 99.9 Å². The summed E-state index contributed by atoms with van der Waals surface area (Å²) in [4.78, 5) is 15.8. The second-order valence-electron chi connectivity index (χ2n) is 4.39. The van der Waals surface area contributed by atoms with E-state index in [2.05, 4.69) is 4.98 Å². The molecule has 2 aromatic rings. The molecule has 90 valence electrons. The van der Waals surface area contributed by atoms with Crippen molar-refractivity contribution in [1.82, 2.24) is 9.38 Å². The maximum absolute atomic E-state index is 11.3. The molecule has 0 amide bonds. The number of nitrogens with zero attached hydrogens (tertiary/aromatic N) is 2. The lowest BCUT2D eigenvalue weighted by atomic mass is 10.0. The van der Waals surface area contributed by atoms with Gasteiger partial charge in [0.15, 0.2) is 5.69 Å². The highest BCUT2D eigenvalue weighted by Crippen LogP contribution is 2.23. The third kappa shape index (κ3) is 1.90. The minimum Gasteiger partial charge on any atom is -0.477 e. The minimum atomic E-state index is -0.920. The van der Waals surface area contributed by atoms with E-state index in [1.165, 1.54) is 0 Å². The summed E-state index contributed by atoms with van der Waals surface area (Å²) < 4.78 is 1.65. The first-order valence-electron chi connectivity index (χ1n) is 5.76. The van der Waals surface area contributed by atoms with Gasteiger partial charge >= 0.3 is 5.97 Å².